The fraction of sp³-hybridized carbons (Fsp3) is 0.385. The Morgan fingerprint density at radius 1 is 1.39 bits per heavy atom. The zero-order valence-electron chi connectivity index (χ0n) is 10.3. The average Bonchev–Trinajstić information content (AvgIpc) is 2.76. The van der Waals surface area contributed by atoms with Gasteiger partial charge in [0, 0.05) is 24.7 Å². The summed E-state index contributed by atoms with van der Waals surface area (Å²) in [5.74, 6) is 1.31. The molecule has 2 aromatic rings. The summed E-state index contributed by atoms with van der Waals surface area (Å²) in [6, 6.07) is 8.32. The molecule has 0 bridgehead atoms. The van der Waals surface area contributed by atoms with Crippen LogP contribution in [-0.2, 0) is 6.54 Å². The fourth-order valence-corrected chi connectivity index (χ4v) is 2.18. The first-order valence-electron chi connectivity index (χ1n) is 6.09. The quantitative estimate of drug-likeness (QED) is 0.878. The maximum Gasteiger partial charge on any atom is 0.241 e. The number of hydrogen-bond acceptors (Lipinski definition) is 5. The van der Waals surface area contributed by atoms with Gasteiger partial charge in [-0.1, -0.05) is 29.4 Å². The number of nitrogens with two attached hydrogens (primary N) is 1. The van der Waals surface area contributed by atoms with Crippen LogP contribution < -0.4 is 5.73 Å². The minimum absolute atomic E-state index is 0.295. The summed E-state index contributed by atoms with van der Waals surface area (Å²) in [6.07, 6.45) is 0. The minimum Gasteiger partial charge on any atom is -0.338 e. The molecule has 1 fully saturated rings. The third kappa shape index (κ3) is 2.14. The van der Waals surface area contributed by atoms with Crippen LogP contribution in [0.5, 0.6) is 0 Å². The van der Waals surface area contributed by atoms with E-state index in [1.165, 1.54) is 0 Å². The third-order valence-corrected chi connectivity index (χ3v) is 3.20. The highest BCUT2D eigenvalue weighted by Crippen LogP contribution is 2.20. The molecule has 0 amide bonds. The van der Waals surface area contributed by atoms with Gasteiger partial charge in [0.15, 0.2) is 0 Å². The molecule has 1 saturated heterocycles. The van der Waals surface area contributed by atoms with Crippen molar-refractivity contribution in [1.82, 2.24) is 15.0 Å². The molecule has 3 rings (SSSR count). The molecular formula is C13H16N4O. The predicted molar refractivity (Wildman–Crippen MR) is 67.7 cm³/mol. The summed E-state index contributed by atoms with van der Waals surface area (Å²) in [7, 11) is 0. The topological polar surface area (TPSA) is 68.2 Å². The Hall–Kier alpha value is -1.72. The second-order valence-electron chi connectivity index (χ2n) is 4.78. The van der Waals surface area contributed by atoms with Gasteiger partial charge in [-0.25, -0.2) is 0 Å². The molecule has 18 heavy (non-hydrogen) atoms. The SMILES string of the molecule is Cc1ccccc1-c1noc(CN2CC(N)C2)n1. The van der Waals surface area contributed by atoms with Crippen molar-refractivity contribution in [3.63, 3.8) is 0 Å². The zero-order valence-corrected chi connectivity index (χ0v) is 10.3. The van der Waals surface area contributed by atoms with Crippen LogP contribution in [-0.4, -0.2) is 34.2 Å². The summed E-state index contributed by atoms with van der Waals surface area (Å²) in [5, 5.41) is 4.03. The molecule has 0 radical (unpaired) electrons. The van der Waals surface area contributed by atoms with E-state index in [0.717, 1.165) is 24.2 Å². The molecule has 1 aromatic carbocycles. The smallest absolute Gasteiger partial charge is 0.241 e. The molecule has 2 N–H and O–H groups in total. The molecular weight excluding hydrogens is 228 g/mol. The van der Waals surface area contributed by atoms with E-state index in [-0.39, 0.29) is 0 Å². The van der Waals surface area contributed by atoms with Gasteiger partial charge in [-0.05, 0) is 12.5 Å². The van der Waals surface area contributed by atoms with Crippen LogP contribution in [0.2, 0.25) is 0 Å². The number of rotatable bonds is 3. The molecule has 0 unspecified atom stereocenters. The summed E-state index contributed by atoms with van der Waals surface area (Å²) in [4.78, 5) is 6.62. The van der Waals surface area contributed by atoms with Gasteiger partial charge in [-0.2, -0.15) is 4.98 Å². The highest BCUT2D eigenvalue weighted by atomic mass is 16.5. The fourth-order valence-electron chi connectivity index (χ4n) is 2.18. The van der Waals surface area contributed by atoms with Gasteiger partial charge in [0.1, 0.15) is 0 Å². The average molecular weight is 244 g/mol. The largest absolute Gasteiger partial charge is 0.338 e. The van der Waals surface area contributed by atoms with Crippen molar-refractivity contribution in [2.45, 2.75) is 19.5 Å². The molecule has 2 heterocycles. The first kappa shape index (κ1) is 11.4. The highest BCUT2D eigenvalue weighted by Gasteiger charge is 2.24. The van der Waals surface area contributed by atoms with Gasteiger partial charge in [0.25, 0.3) is 0 Å². The van der Waals surface area contributed by atoms with Gasteiger partial charge < -0.3 is 10.3 Å². The number of hydrogen-bond donors (Lipinski definition) is 1. The van der Waals surface area contributed by atoms with E-state index in [2.05, 4.69) is 15.0 Å². The lowest BCUT2D eigenvalue weighted by atomic mass is 10.1. The van der Waals surface area contributed by atoms with Gasteiger partial charge in [-0.15, -0.1) is 0 Å². The van der Waals surface area contributed by atoms with E-state index in [1.807, 2.05) is 31.2 Å². The monoisotopic (exact) mass is 244 g/mol. The number of aryl methyl sites for hydroxylation is 1. The van der Waals surface area contributed by atoms with E-state index >= 15 is 0 Å². The summed E-state index contributed by atoms with van der Waals surface area (Å²) in [6.45, 7) is 4.54. The van der Waals surface area contributed by atoms with Crippen LogP contribution >= 0.6 is 0 Å². The van der Waals surface area contributed by atoms with Gasteiger partial charge >= 0.3 is 0 Å². The maximum atomic E-state index is 5.73. The molecule has 1 aliphatic rings. The van der Waals surface area contributed by atoms with Crippen LogP contribution in [0, 0.1) is 6.92 Å². The van der Waals surface area contributed by atoms with Gasteiger partial charge in [-0.3, -0.25) is 4.90 Å². The van der Waals surface area contributed by atoms with E-state index in [1.54, 1.807) is 0 Å². The Morgan fingerprint density at radius 2 is 2.17 bits per heavy atom. The third-order valence-electron chi connectivity index (χ3n) is 3.20. The molecule has 1 aliphatic heterocycles. The van der Waals surface area contributed by atoms with Crippen molar-refractivity contribution in [2.24, 2.45) is 5.73 Å². The summed E-state index contributed by atoms with van der Waals surface area (Å²) >= 11 is 0. The normalized spacial score (nSPS) is 16.8. The van der Waals surface area contributed by atoms with Gasteiger partial charge in [0.2, 0.25) is 11.7 Å². The lowest BCUT2D eigenvalue weighted by Crippen LogP contribution is -2.54. The maximum absolute atomic E-state index is 5.73. The first-order chi connectivity index (χ1) is 8.72. The molecule has 5 nitrogen and oxygen atoms in total. The lowest BCUT2D eigenvalue weighted by molar-refractivity contribution is 0.125. The van der Waals surface area contributed by atoms with Crippen LogP contribution in [0.15, 0.2) is 28.8 Å². The molecule has 0 spiro atoms. The second kappa shape index (κ2) is 4.51. The highest BCUT2D eigenvalue weighted by molar-refractivity contribution is 5.58. The Balaban J connectivity index is 1.75. The Morgan fingerprint density at radius 3 is 2.89 bits per heavy atom. The number of likely N-dealkylation sites (tertiary alicyclic amines) is 1. The zero-order chi connectivity index (χ0) is 12.5. The predicted octanol–water partition coefficient (Wildman–Crippen LogP) is 1.19. The van der Waals surface area contributed by atoms with Crippen molar-refractivity contribution < 1.29 is 4.52 Å². The van der Waals surface area contributed by atoms with E-state index in [9.17, 15) is 0 Å². The summed E-state index contributed by atoms with van der Waals surface area (Å²) in [5.41, 5.74) is 7.90. The number of benzene rings is 1. The Bertz CT molecular complexity index is 545. The second-order valence-corrected chi connectivity index (χ2v) is 4.78. The molecule has 5 heteroatoms. The van der Waals surface area contributed by atoms with E-state index < -0.39 is 0 Å². The molecule has 94 valence electrons. The Labute approximate surface area is 106 Å². The van der Waals surface area contributed by atoms with Crippen molar-refractivity contribution in [3.8, 4) is 11.4 Å². The van der Waals surface area contributed by atoms with Crippen molar-refractivity contribution in [2.75, 3.05) is 13.1 Å². The Kier molecular flexibility index (Phi) is 2.85. The molecule has 0 saturated carbocycles. The minimum atomic E-state index is 0.295. The van der Waals surface area contributed by atoms with E-state index in [0.29, 0.717) is 24.3 Å². The van der Waals surface area contributed by atoms with Crippen LogP contribution in [0.1, 0.15) is 11.5 Å². The number of nitrogens with zero attached hydrogens (tertiary/aromatic N) is 3. The lowest BCUT2D eigenvalue weighted by Gasteiger charge is -2.35. The van der Waals surface area contributed by atoms with Crippen molar-refractivity contribution in [3.05, 3.63) is 35.7 Å². The van der Waals surface area contributed by atoms with Gasteiger partial charge in [0.05, 0.1) is 6.54 Å². The molecule has 0 atom stereocenters. The van der Waals surface area contributed by atoms with Crippen molar-refractivity contribution >= 4 is 0 Å². The standard InChI is InChI=1S/C13H16N4O/c1-9-4-2-3-5-11(9)13-15-12(18-16-13)8-17-6-10(14)7-17/h2-5,10H,6-8,14H2,1H3. The number of aromatic nitrogens is 2. The van der Waals surface area contributed by atoms with Crippen LogP contribution in [0.25, 0.3) is 11.4 Å². The molecule has 1 aromatic heterocycles. The summed E-state index contributed by atoms with van der Waals surface area (Å²) < 4.78 is 5.27. The molecule has 0 aliphatic carbocycles. The van der Waals surface area contributed by atoms with Crippen molar-refractivity contribution in [1.29, 1.82) is 0 Å². The first-order valence-corrected chi connectivity index (χ1v) is 6.09. The van der Waals surface area contributed by atoms with Crippen LogP contribution in [0.3, 0.4) is 0 Å². The van der Waals surface area contributed by atoms with Crippen LogP contribution in [0.4, 0.5) is 0 Å². The van der Waals surface area contributed by atoms with E-state index in [4.69, 9.17) is 10.3 Å².